The molecule has 1 aliphatic rings. The van der Waals surface area contributed by atoms with Gasteiger partial charge in [-0.05, 0) is 29.7 Å². The Morgan fingerprint density at radius 1 is 0.885 bits per heavy atom. The molecule has 2 aromatic carbocycles. The van der Waals surface area contributed by atoms with Crippen molar-refractivity contribution in [3.05, 3.63) is 71.3 Å². The molecule has 5 nitrogen and oxygen atoms in total. The van der Waals surface area contributed by atoms with E-state index in [4.69, 9.17) is 0 Å². The monoisotopic (exact) mass is 351 g/mol. The third kappa shape index (κ3) is 5.17. The van der Waals surface area contributed by atoms with Crippen molar-refractivity contribution in [1.29, 1.82) is 0 Å². The summed E-state index contributed by atoms with van der Waals surface area (Å²) in [5.41, 5.74) is 3.42. The molecule has 0 fully saturated rings. The van der Waals surface area contributed by atoms with Gasteiger partial charge < -0.3 is 10.6 Å². The average molecular weight is 351 g/mol. The summed E-state index contributed by atoms with van der Waals surface area (Å²) < 4.78 is 0. The van der Waals surface area contributed by atoms with Gasteiger partial charge in [0, 0.05) is 44.7 Å². The average Bonchev–Trinajstić information content (AvgIpc) is 2.68. The van der Waals surface area contributed by atoms with Crippen LogP contribution in [-0.4, -0.2) is 42.9 Å². The number of fused-ring (bicyclic) bond motifs is 1. The summed E-state index contributed by atoms with van der Waals surface area (Å²) in [6.45, 7) is 3.79. The lowest BCUT2D eigenvalue weighted by Gasteiger charge is -2.28. The Morgan fingerprint density at radius 2 is 1.62 bits per heavy atom. The molecule has 1 heterocycles. The number of rotatable bonds is 7. The molecule has 26 heavy (non-hydrogen) atoms. The van der Waals surface area contributed by atoms with Crippen molar-refractivity contribution in [3.8, 4) is 0 Å². The van der Waals surface area contributed by atoms with Crippen LogP contribution in [0.4, 0.5) is 0 Å². The van der Waals surface area contributed by atoms with Crippen molar-refractivity contribution in [1.82, 2.24) is 15.5 Å². The van der Waals surface area contributed by atoms with E-state index >= 15 is 0 Å². The molecule has 0 bridgehead atoms. The van der Waals surface area contributed by atoms with Gasteiger partial charge in [-0.3, -0.25) is 14.5 Å². The first-order valence-corrected chi connectivity index (χ1v) is 9.11. The summed E-state index contributed by atoms with van der Waals surface area (Å²) in [6.07, 6.45) is 1.36. The molecule has 2 amide bonds. The highest BCUT2D eigenvalue weighted by Crippen LogP contribution is 2.17. The van der Waals surface area contributed by atoms with Crippen LogP contribution in [0, 0.1) is 0 Å². The summed E-state index contributed by atoms with van der Waals surface area (Å²) >= 11 is 0. The van der Waals surface area contributed by atoms with Crippen LogP contribution in [0.5, 0.6) is 0 Å². The highest BCUT2D eigenvalue weighted by molar-refractivity contribution is 5.94. The van der Waals surface area contributed by atoms with Crippen LogP contribution in [0.25, 0.3) is 0 Å². The zero-order valence-corrected chi connectivity index (χ0v) is 14.9. The summed E-state index contributed by atoms with van der Waals surface area (Å²) in [5.74, 6) is -0.179. The fraction of sp³-hybridized carbons (Fsp3) is 0.333. The molecule has 0 saturated carbocycles. The van der Waals surface area contributed by atoms with Crippen molar-refractivity contribution in [3.63, 3.8) is 0 Å². The van der Waals surface area contributed by atoms with E-state index in [1.54, 1.807) is 12.1 Å². The van der Waals surface area contributed by atoms with Crippen LogP contribution in [0.2, 0.25) is 0 Å². The first-order chi connectivity index (χ1) is 12.7. The lowest BCUT2D eigenvalue weighted by Crippen LogP contribution is -2.38. The molecular formula is C21H25N3O2. The van der Waals surface area contributed by atoms with E-state index in [-0.39, 0.29) is 11.8 Å². The van der Waals surface area contributed by atoms with Gasteiger partial charge in [0.05, 0.1) is 0 Å². The quantitative estimate of drug-likeness (QED) is 0.802. The largest absolute Gasteiger partial charge is 0.355 e. The topological polar surface area (TPSA) is 61.4 Å². The Labute approximate surface area is 154 Å². The van der Waals surface area contributed by atoms with E-state index in [1.807, 2.05) is 18.2 Å². The number of carbonyl (C=O) groups excluding carboxylic acids is 2. The van der Waals surface area contributed by atoms with Crippen molar-refractivity contribution >= 4 is 11.8 Å². The van der Waals surface area contributed by atoms with E-state index in [0.717, 1.165) is 26.1 Å². The van der Waals surface area contributed by atoms with Crippen molar-refractivity contribution in [2.45, 2.75) is 19.4 Å². The molecule has 3 rings (SSSR count). The number of amides is 2. The van der Waals surface area contributed by atoms with E-state index < -0.39 is 0 Å². The van der Waals surface area contributed by atoms with E-state index in [2.05, 4.69) is 39.8 Å². The Hall–Kier alpha value is -2.66. The number of benzene rings is 2. The van der Waals surface area contributed by atoms with Crippen LogP contribution >= 0.6 is 0 Å². The van der Waals surface area contributed by atoms with Gasteiger partial charge in [-0.1, -0.05) is 42.5 Å². The molecular weight excluding hydrogens is 326 g/mol. The predicted octanol–water partition coefficient (Wildman–Crippen LogP) is 1.98. The molecule has 0 saturated heterocycles. The second-order valence-corrected chi connectivity index (χ2v) is 6.52. The lowest BCUT2D eigenvalue weighted by atomic mass is 10.00. The SMILES string of the molecule is O=C(CCNC(=O)c1ccccc1)NCCN1CCc2ccccc2C1. The van der Waals surface area contributed by atoms with Crippen LogP contribution in [0.3, 0.4) is 0 Å². The maximum absolute atomic E-state index is 11.9. The smallest absolute Gasteiger partial charge is 0.251 e. The summed E-state index contributed by atoms with van der Waals surface area (Å²) in [6, 6.07) is 17.6. The second-order valence-electron chi connectivity index (χ2n) is 6.52. The van der Waals surface area contributed by atoms with Gasteiger partial charge in [0.1, 0.15) is 0 Å². The third-order valence-electron chi connectivity index (χ3n) is 4.63. The van der Waals surface area contributed by atoms with Gasteiger partial charge >= 0.3 is 0 Å². The van der Waals surface area contributed by atoms with Gasteiger partial charge in [0.25, 0.3) is 5.91 Å². The van der Waals surface area contributed by atoms with Gasteiger partial charge in [0.2, 0.25) is 5.91 Å². The fourth-order valence-corrected chi connectivity index (χ4v) is 3.17. The number of nitrogens with zero attached hydrogens (tertiary/aromatic N) is 1. The molecule has 5 heteroatoms. The zero-order chi connectivity index (χ0) is 18.2. The molecule has 0 atom stereocenters. The number of hydrogen-bond acceptors (Lipinski definition) is 3. The van der Waals surface area contributed by atoms with Crippen LogP contribution in [0.1, 0.15) is 27.9 Å². The van der Waals surface area contributed by atoms with Crippen molar-refractivity contribution in [2.75, 3.05) is 26.2 Å². The van der Waals surface area contributed by atoms with Gasteiger partial charge in [0.15, 0.2) is 0 Å². The minimum Gasteiger partial charge on any atom is -0.355 e. The standard InChI is InChI=1S/C21H25N3O2/c25-20(10-12-23-21(26)18-7-2-1-3-8-18)22-13-15-24-14-11-17-6-4-5-9-19(17)16-24/h1-9H,10-16H2,(H,22,25)(H,23,26). The molecule has 0 radical (unpaired) electrons. The minimum atomic E-state index is -0.148. The van der Waals surface area contributed by atoms with E-state index in [0.29, 0.717) is 25.1 Å². The van der Waals surface area contributed by atoms with E-state index in [9.17, 15) is 9.59 Å². The van der Waals surface area contributed by atoms with Crippen molar-refractivity contribution < 1.29 is 9.59 Å². The fourth-order valence-electron chi connectivity index (χ4n) is 3.17. The first kappa shape index (κ1) is 18.1. The van der Waals surface area contributed by atoms with Crippen LogP contribution in [-0.2, 0) is 17.8 Å². The molecule has 136 valence electrons. The summed E-state index contributed by atoms with van der Waals surface area (Å²) in [4.78, 5) is 26.2. The molecule has 0 aliphatic carbocycles. The number of hydrogen-bond donors (Lipinski definition) is 2. The summed E-state index contributed by atoms with van der Waals surface area (Å²) in [5, 5.41) is 5.71. The lowest BCUT2D eigenvalue weighted by molar-refractivity contribution is -0.121. The summed E-state index contributed by atoms with van der Waals surface area (Å²) in [7, 11) is 0. The highest BCUT2D eigenvalue weighted by Gasteiger charge is 2.15. The van der Waals surface area contributed by atoms with Gasteiger partial charge in [-0.15, -0.1) is 0 Å². The maximum Gasteiger partial charge on any atom is 0.251 e. The molecule has 0 aromatic heterocycles. The molecule has 2 aromatic rings. The molecule has 0 spiro atoms. The van der Waals surface area contributed by atoms with Gasteiger partial charge in [-0.25, -0.2) is 0 Å². The van der Waals surface area contributed by atoms with Crippen LogP contribution < -0.4 is 10.6 Å². The maximum atomic E-state index is 11.9. The molecule has 0 unspecified atom stereocenters. The Kier molecular flexibility index (Phi) is 6.39. The predicted molar refractivity (Wildman–Crippen MR) is 102 cm³/mol. The molecule has 2 N–H and O–H groups in total. The minimum absolute atomic E-state index is 0.0317. The Morgan fingerprint density at radius 3 is 2.42 bits per heavy atom. The van der Waals surface area contributed by atoms with Crippen LogP contribution in [0.15, 0.2) is 54.6 Å². The zero-order valence-electron chi connectivity index (χ0n) is 14.9. The first-order valence-electron chi connectivity index (χ1n) is 9.11. The third-order valence-corrected chi connectivity index (χ3v) is 4.63. The Balaban J connectivity index is 1.31. The van der Waals surface area contributed by atoms with E-state index in [1.165, 1.54) is 11.1 Å². The normalized spacial score (nSPS) is 13.7. The van der Waals surface area contributed by atoms with Crippen molar-refractivity contribution in [2.24, 2.45) is 0 Å². The number of carbonyl (C=O) groups is 2. The molecule has 1 aliphatic heterocycles. The highest BCUT2D eigenvalue weighted by atomic mass is 16.2. The second kappa shape index (κ2) is 9.15. The Bertz CT molecular complexity index is 746. The number of nitrogens with one attached hydrogen (secondary N) is 2. The van der Waals surface area contributed by atoms with Gasteiger partial charge in [-0.2, -0.15) is 0 Å².